The first-order valence-corrected chi connectivity index (χ1v) is 9.75. The van der Waals surface area contributed by atoms with Crippen molar-refractivity contribution in [1.82, 2.24) is 24.4 Å². The second kappa shape index (κ2) is 8.46. The van der Waals surface area contributed by atoms with Crippen LogP contribution in [0.15, 0.2) is 36.5 Å². The van der Waals surface area contributed by atoms with Crippen LogP contribution in [-0.2, 0) is 16.1 Å². The highest BCUT2D eigenvalue weighted by molar-refractivity contribution is 5.92. The van der Waals surface area contributed by atoms with Crippen molar-refractivity contribution in [3.05, 3.63) is 48.1 Å². The molecule has 2 aliphatic heterocycles. The highest BCUT2D eigenvalue weighted by Crippen LogP contribution is 2.21. The van der Waals surface area contributed by atoms with Crippen molar-refractivity contribution in [3.63, 3.8) is 0 Å². The maximum atomic E-state index is 11.4. The van der Waals surface area contributed by atoms with Gasteiger partial charge in [-0.15, -0.1) is 5.10 Å². The summed E-state index contributed by atoms with van der Waals surface area (Å²) in [4.78, 5) is 28.2. The number of nitrogens with zero attached hydrogens (tertiary/aromatic N) is 6. The van der Waals surface area contributed by atoms with Crippen LogP contribution in [0.25, 0.3) is 11.2 Å². The average molecular weight is 409 g/mol. The van der Waals surface area contributed by atoms with Gasteiger partial charge in [0, 0.05) is 26.1 Å². The third-order valence-electron chi connectivity index (χ3n) is 5.04. The maximum absolute atomic E-state index is 11.4. The fraction of sp³-hybridized carbons (Fsp3) is 0.350. The second-order valence-electron chi connectivity index (χ2n) is 7.00. The number of nitrogens with two attached hydrogens (primary N) is 1. The third kappa shape index (κ3) is 3.94. The largest absolute Gasteiger partial charge is 0.377 e. The second-order valence-corrected chi connectivity index (χ2v) is 7.00. The van der Waals surface area contributed by atoms with Crippen molar-refractivity contribution in [2.75, 3.05) is 25.2 Å². The van der Waals surface area contributed by atoms with E-state index >= 15 is 0 Å². The Bertz CT molecular complexity index is 1110. The van der Waals surface area contributed by atoms with Gasteiger partial charge >= 0.3 is 0 Å². The minimum atomic E-state index is -0.620. The minimum Gasteiger partial charge on any atom is -0.377 e. The lowest BCUT2D eigenvalue weighted by Gasteiger charge is -2.14. The molecule has 2 aliphatic rings. The highest BCUT2D eigenvalue weighted by Gasteiger charge is 2.18. The van der Waals surface area contributed by atoms with Crippen LogP contribution in [-0.4, -0.2) is 56.5 Å². The summed E-state index contributed by atoms with van der Waals surface area (Å²) >= 11 is 0. The van der Waals surface area contributed by atoms with Gasteiger partial charge in [0.25, 0.3) is 5.91 Å². The summed E-state index contributed by atoms with van der Waals surface area (Å²) in [6.45, 7) is 2.14. The molecule has 2 amide bonds. The van der Waals surface area contributed by atoms with Crippen LogP contribution < -0.4 is 10.6 Å². The van der Waals surface area contributed by atoms with E-state index in [1.54, 1.807) is 28.7 Å². The molecule has 10 nitrogen and oxygen atoms in total. The molecule has 0 unspecified atom stereocenters. The Morgan fingerprint density at radius 3 is 2.87 bits per heavy atom. The zero-order valence-electron chi connectivity index (χ0n) is 16.7. The number of pyridine rings is 1. The molecule has 5 heterocycles. The molecule has 0 saturated carbocycles. The molecule has 2 N–H and O–H groups in total. The van der Waals surface area contributed by atoms with E-state index in [9.17, 15) is 9.59 Å². The van der Waals surface area contributed by atoms with E-state index < -0.39 is 5.91 Å². The Labute approximate surface area is 172 Å². The summed E-state index contributed by atoms with van der Waals surface area (Å²) in [5, 5.41) is 8.26. The van der Waals surface area contributed by atoms with Crippen molar-refractivity contribution < 1.29 is 14.3 Å². The number of aromatic nitrogens is 5. The third-order valence-corrected chi connectivity index (χ3v) is 5.04. The standard InChI is InChI=1S/C12H12N4O2.C8H11N3O/c13-11(17)12-14-10-3-1-2-9(16(10)15-12)8-4-6-18-7-5-8;1-10-7-4-5-9-11(7)6-2-3-8(10)12/h1-4H,5-7H2,(H2,13,17);4-5H,2-3,6H2,1H3. The van der Waals surface area contributed by atoms with Crippen LogP contribution >= 0.6 is 0 Å². The first-order valence-electron chi connectivity index (χ1n) is 9.75. The molecule has 5 rings (SSSR count). The molecule has 0 bridgehead atoms. The van der Waals surface area contributed by atoms with Gasteiger partial charge in [0.1, 0.15) is 5.82 Å². The van der Waals surface area contributed by atoms with E-state index in [1.165, 1.54) is 0 Å². The molecule has 3 aromatic rings. The Balaban J connectivity index is 0.000000158. The maximum Gasteiger partial charge on any atom is 0.288 e. The number of anilines is 1. The van der Waals surface area contributed by atoms with Crippen LogP contribution in [0, 0.1) is 0 Å². The van der Waals surface area contributed by atoms with Gasteiger partial charge in [-0.05, 0) is 30.5 Å². The number of hydrogen-bond acceptors (Lipinski definition) is 6. The molecular weight excluding hydrogens is 386 g/mol. The molecule has 0 fully saturated rings. The zero-order chi connectivity index (χ0) is 21.1. The van der Waals surface area contributed by atoms with E-state index in [0.717, 1.165) is 36.5 Å². The van der Waals surface area contributed by atoms with Gasteiger partial charge < -0.3 is 15.4 Å². The summed E-state index contributed by atoms with van der Waals surface area (Å²) in [5.74, 6) is 0.493. The molecule has 0 radical (unpaired) electrons. The fourth-order valence-electron chi connectivity index (χ4n) is 3.47. The predicted molar refractivity (Wildman–Crippen MR) is 110 cm³/mol. The lowest BCUT2D eigenvalue weighted by Crippen LogP contribution is -2.25. The van der Waals surface area contributed by atoms with Crippen molar-refractivity contribution in [1.29, 1.82) is 0 Å². The number of ether oxygens (including phenoxy) is 1. The summed E-state index contributed by atoms with van der Waals surface area (Å²) < 4.78 is 8.80. The van der Waals surface area contributed by atoms with Gasteiger partial charge in [-0.2, -0.15) is 5.10 Å². The smallest absolute Gasteiger partial charge is 0.288 e. The molecule has 0 aromatic carbocycles. The molecule has 156 valence electrons. The number of primary amides is 1. The molecule has 0 atom stereocenters. The van der Waals surface area contributed by atoms with Crippen molar-refractivity contribution >= 4 is 28.9 Å². The molecule has 30 heavy (non-hydrogen) atoms. The predicted octanol–water partition coefficient (Wildman–Crippen LogP) is 1.27. The zero-order valence-corrected chi connectivity index (χ0v) is 16.7. The molecule has 0 saturated heterocycles. The van der Waals surface area contributed by atoms with Crippen LogP contribution in [0.3, 0.4) is 0 Å². The van der Waals surface area contributed by atoms with Gasteiger partial charge in [0.05, 0.1) is 25.1 Å². The van der Waals surface area contributed by atoms with Crippen LogP contribution in [0.5, 0.6) is 0 Å². The number of amides is 2. The summed E-state index contributed by atoms with van der Waals surface area (Å²) in [6, 6.07) is 7.50. The van der Waals surface area contributed by atoms with E-state index in [2.05, 4.69) is 15.2 Å². The van der Waals surface area contributed by atoms with Crippen molar-refractivity contribution in [2.45, 2.75) is 25.8 Å². The number of fused-ring (bicyclic) bond motifs is 2. The fourth-order valence-corrected chi connectivity index (χ4v) is 3.47. The van der Waals surface area contributed by atoms with Gasteiger partial charge in [-0.3, -0.25) is 9.59 Å². The SMILES string of the molecule is CN1C(=O)CCCn2nccc21.NC(=O)c1nc2cccc(C3=CCOCC3)n2n1. The first kappa shape index (κ1) is 19.8. The summed E-state index contributed by atoms with van der Waals surface area (Å²) in [7, 11) is 1.79. The topological polar surface area (TPSA) is 121 Å². The van der Waals surface area contributed by atoms with Crippen molar-refractivity contribution in [2.24, 2.45) is 5.73 Å². The lowest BCUT2D eigenvalue weighted by atomic mass is 10.1. The first-order chi connectivity index (χ1) is 14.5. The number of aryl methyl sites for hydroxylation is 1. The van der Waals surface area contributed by atoms with Gasteiger partial charge in [0.2, 0.25) is 11.7 Å². The molecule has 0 aliphatic carbocycles. The van der Waals surface area contributed by atoms with Gasteiger partial charge in [0.15, 0.2) is 5.65 Å². The highest BCUT2D eigenvalue weighted by atomic mass is 16.5. The van der Waals surface area contributed by atoms with Gasteiger partial charge in [-0.1, -0.05) is 12.1 Å². The van der Waals surface area contributed by atoms with E-state index in [4.69, 9.17) is 10.5 Å². The molecule has 10 heteroatoms. The van der Waals surface area contributed by atoms with Crippen LogP contribution in [0.2, 0.25) is 0 Å². The minimum absolute atomic E-state index is 0.0371. The number of hydrogen-bond donors (Lipinski definition) is 1. The molecule has 3 aromatic heterocycles. The number of rotatable bonds is 2. The number of carbonyl (C=O) groups excluding carboxylic acids is 2. The monoisotopic (exact) mass is 409 g/mol. The van der Waals surface area contributed by atoms with E-state index in [1.807, 2.05) is 29.0 Å². The molecule has 0 spiro atoms. The van der Waals surface area contributed by atoms with Crippen LogP contribution in [0.4, 0.5) is 5.82 Å². The normalized spacial score (nSPS) is 16.4. The summed E-state index contributed by atoms with van der Waals surface area (Å²) in [6.07, 6.45) is 6.08. The Morgan fingerprint density at radius 2 is 2.10 bits per heavy atom. The summed E-state index contributed by atoms with van der Waals surface area (Å²) in [5.41, 5.74) is 7.89. The lowest BCUT2D eigenvalue weighted by molar-refractivity contribution is -0.118. The van der Waals surface area contributed by atoms with E-state index in [0.29, 0.717) is 25.3 Å². The van der Waals surface area contributed by atoms with Crippen LogP contribution in [0.1, 0.15) is 35.6 Å². The Kier molecular flexibility index (Phi) is 5.57. The quantitative estimate of drug-likeness (QED) is 0.680. The average Bonchev–Trinajstić information content (AvgIpc) is 3.38. The van der Waals surface area contributed by atoms with E-state index in [-0.39, 0.29) is 11.7 Å². The Morgan fingerprint density at radius 1 is 1.23 bits per heavy atom. The Hall–Kier alpha value is -3.53. The molecular formula is C20H23N7O3. The number of carbonyl (C=O) groups is 2. The van der Waals surface area contributed by atoms with Crippen molar-refractivity contribution in [3.8, 4) is 0 Å². The van der Waals surface area contributed by atoms with Gasteiger partial charge in [-0.25, -0.2) is 14.2 Å².